The first-order valence-electron chi connectivity index (χ1n) is 12.2. The molecule has 2 aromatic rings. The zero-order valence-electron chi connectivity index (χ0n) is 20.2. The lowest BCUT2D eigenvalue weighted by Gasteiger charge is -2.41. The van der Waals surface area contributed by atoms with Crippen molar-refractivity contribution in [2.45, 2.75) is 50.8 Å². The number of amides is 1. The SMILES string of the molecule is COc1cccc(F)c1CN1CCCC[C@H]2[C@@H](OC)CCCN2C(=O)c2ccccc2OCC1. The molecule has 7 heteroatoms. The minimum absolute atomic E-state index is 0.00884. The van der Waals surface area contributed by atoms with Crippen LogP contribution in [0, 0.1) is 5.82 Å². The zero-order valence-corrected chi connectivity index (χ0v) is 20.2. The molecule has 0 aliphatic carbocycles. The van der Waals surface area contributed by atoms with Crippen molar-refractivity contribution in [3.8, 4) is 11.5 Å². The predicted octanol–water partition coefficient (Wildman–Crippen LogP) is 4.52. The van der Waals surface area contributed by atoms with Gasteiger partial charge in [0.15, 0.2) is 0 Å². The van der Waals surface area contributed by atoms with Gasteiger partial charge in [0, 0.05) is 32.3 Å². The summed E-state index contributed by atoms with van der Waals surface area (Å²) in [7, 11) is 3.30. The molecule has 1 fully saturated rings. The summed E-state index contributed by atoms with van der Waals surface area (Å²) in [5.41, 5.74) is 1.15. The number of benzene rings is 2. The fourth-order valence-electron chi connectivity index (χ4n) is 5.17. The van der Waals surface area contributed by atoms with Gasteiger partial charge in [-0.1, -0.05) is 24.6 Å². The van der Waals surface area contributed by atoms with E-state index in [0.717, 1.165) is 45.2 Å². The van der Waals surface area contributed by atoms with Crippen molar-refractivity contribution in [1.29, 1.82) is 0 Å². The van der Waals surface area contributed by atoms with E-state index in [1.807, 2.05) is 29.2 Å². The lowest BCUT2D eigenvalue weighted by Crippen LogP contribution is -2.51. The molecule has 1 saturated heterocycles. The molecule has 2 aliphatic heterocycles. The van der Waals surface area contributed by atoms with Crippen LogP contribution in [0.3, 0.4) is 0 Å². The van der Waals surface area contributed by atoms with Crippen LogP contribution in [-0.4, -0.2) is 68.3 Å². The average Bonchev–Trinajstić information content (AvgIpc) is 2.87. The number of fused-ring (bicyclic) bond motifs is 2. The Balaban J connectivity index is 1.58. The summed E-state index contributed by atoms with van der Waals surface area (Å²) in [6.07, 6.45) is 4.71. The molecule has 2 aliphatic rings. The molecular formula is C27H35FN2O4. The molecule has 0 radical (unpaired) electrons. The Bertz CT molecular complexity index is 969. The van der Waals surface area contributed by atoms with Crippen LogP contribution in [0.2, 0.25) is 0 Å². The first kappa shape index (κ1) is 24.5. The first-order valence-corrected chi connectivity index (χ1v) is 12.2. The molecule has 0 spiro atoms. The van der Waals surface area contributed by atoms with Gasteiger partial charge in [-0.2, -0.15) is 0 Å². The fraction of sp³-hybridized carbons (Fsp3) is 0.519. The number of hydrogen-bond donors (Lipinski definition) is 0. The van der Waals surface area contributed by atoms with Crippen LogP contribution < -0.4 is 9.47 Å². The number of halogens is 1. The molecule has 2 heterocycles. The van der Waals surface area contributed by atoms with Crippen molar-refractivity contribution < 1.29 is 23.4 Å². The molecule has 184 valence electrons. The third-order valence-corrected chi connectivity index (χ3v) is 6.97. The summed E-state index contributed by atoms with van der Waals surface area (Å²) in [6.45, 7) is 3.01. The molecule has 0 aromatic heterocycles. The number of ether oxygens (including phenoxy) is 3. The van der Waals surface area contributed by atoms with Crippen LogP contribution in [0.25, 0.3) is 0 Å². The predicted molar refractivity (Wildman–Crippen MR) is 129 cm³/mol. The Morgan fingerprint density at radius 3 is 2.68 bits per heavy atom. The maximum Gasteiger partial charge on any atom is 0.257 e. The van der Waals surface area contributed by atoms with Crippen molar-refractivity contribution in [3.63, 3.8) is 0 Å². The second-order valence-electron chi connectivity index (χ2n) is 9.02. The van der Waals surface area contributed by atoms with Gasteiger partial charge in [-0.05, 0) is 56.5 Å². The number of piperidine rings is 1. The van der Waals surface area contributed by atoms with Crippen LogP contribution in [0.1, 0.15) is 48.0 Å². The largest absolute Gasteiger partial charge is 0.496 e. The van der Waals surface area contributed by atoms with E-state index in [1.165, 1.54) is 6.07 Å². The number of nitrogens with zero attached hydrogens (tertiary/aromatic N) is 2. The lowest BCUT2D eigenvalue weighted by molar-refractivity contribution is -0.0155. The highest BCUT2D eigenvalue weighted by atomic mass is 19.1. The summed E-state index contributed by atoms with van der Waals surface area (Å²) in [4.78, 5) is 17.8. The Morgan fingerprint density at radius 1 is 1.00 bits per heavy atom. The summed E-state index contributed by atoms with van der Waals surface area (Å²) >= 11 is 0. The van der Waals surface area contributed by atoms with E-state index < -0.39 is 0 Å². The van der Waals surface area contributed by atoms with Gasteiger partial charge in [-0.3, -0.25) is 9.69 Å². The molecule has 0 bridgehead atoms. The highest BCUT2D eigenvalue weighted by Gasteiger charge is 2.35. The standard InChI is InChI=1S/C27H35FN2O4/c1-32-24-13-7-10-22(28)21(24)19-29-15-6-5-11-23-26(33-2)14-8-16-30(23)27(31)20-9-3-4-12-25(20)34-18-17-29/h3-4,7,9-10,12-13,23,26H,5-6,8,11,14-19H2,1-2H3/t23-,26-/m0/s1. The van der Waals surface area contributed by atoms with Gasteiger partial charge in [0.25, 0.3) is 5.91 Å². The third-order valence-electron chi connectivity index (χ3n) is 6.97. The minimum atomic E-state index is -0.264. The Morgan fingerprint density at radius 2 is 1.85 bits per heavy atom. The van der Waals surface area contributed by atoms with E-state index in [2.05, 4.69) is 4.90 Å². The summed E-state index contributed by atoms with van der Waals surface area (Å²) in [6, 6.07) is 12.4. The van der Waals surface area contributed by atoms with Crippen LogP contribution in [0.15, 0.2) is 42.5 Å². The average molecular weight is 471 g/mol. The van der Waals surface area contributed by atoms with E-state index in [9.17, 15) is 9.18 Å². The maximum atomic E-state index is 14.6. The van der Waals surface area contributed by atoms with Gasteiger partial charge in [0.2, 0.25) is 0 Å². The number of carbonyl (C=O) groups is 1. The van der Waals surface area contributed by atoms with Gasteiger partial charge in [0.1, 0.15) is 23.9 Å². The van der Waals surface area contributed by atoms with Crippen LogP contribution in [-0.2, 0) is 11.3 Å². The monoisotopic (exact) mass is 470 g/mol. The Kier molecular flexibility index (Phi) is 8.40. The van der Waals surface area contributed by atoms with Crippen molar-refractivity contribution in [2.24, 2.45) is 0 Å². The molecule has 2 atom stereocenters. The summed E-state index contributed by atoms with van der Waals surface area (Å²) in [5.74, 6) is 0.892. The second kappa shape index (κ2) is 11.7. The van der Waals surface area contributed by atoms with Crippen molar-refractivity contribution in [1.82, 2.24) is 9.80 Å². The number of methoxy groups -OCH3 is 2. The number of hydrogen-bond acceptors (Lipinski definition) is 5. The van der Waals surface area contributed by atoms with Gasteiger partial charge >= 0.3 is 0 Å². The van der Waals surface area contributed by atoms with Gasteiger partial charge in [-0.25, -0.2) is 4.39 Å². The molecule has 34 heavy (non-hydrogen) atoms. The van der Waals surface area contributed by atoms with E-state index >= 15 is 0 Å². The summed E-state index contributed by atoms with van der Waals surface area (Å²) in [5, 5.41) is 0. The van der Waals surface area contributed by atoms with Crippen LogP contribution >= 0.6 is 0 Å². The van der Waals surface area contributed by atoms with Crippen molar-refractivity contribution >= 4 is 5.91 Å². The minimum Gasteiger partial charge on any atom is -0.496 e. The number of carbonyl (C=O) groups excluding carboxylic acids is 1. The molecular weight excluding hydrogens is 435 g/mol. The molecule has 0 unspecified atom stereocenters. The summed E-state index contributed by atoms with van der Waals surface area (Å²) < 4.78 is 31.9. The molecule has 0 N–H and O–H groups in total. The Labute approximate surface area is 201 Å². The number of para-hydroxylation sites is 1. The van der Waals surface area contributed by atoms with Gasteiger partial charge in [0.05, 0.1) is 24.8 Å². The second-order valence-corrected chi connectivity index (χ2v) is 9.02. The molecule has 0 saturated carbocycles. The van der Waals surface area contributed by atoms with Crippen LogP contribution in [0.4, 0.5) is 4.39 Å². The van der Waals surface area contributed by atoms with E-state index in [1.54, 1.807) is 26.4 Å². The third kappa shape index (κ3) is 5.53. The van der Waals surface area contributed by atoms with E-state index in [-0.39, 0.29) is 23.9 Å². The highest BCUT2D eigenvalue weighted by Crippen LogP contribution is 2.29. The number of rotatable bonds is 4. The normalized spacial score (nSPS) is 22.4. The smallest absolute Gasteiger partial charge is 0.257 e. The maximum absolute atomic E-state index is 14.6. The molecule has 2 aromatic carbocycles. The van der Waals surface area contributed by atoms with Crippen LogP contribution in [0.5, 0.6) is 11.5 Å². The van der Waals surface area contributed by atoms with Crippen molar-refractivity contribution in [2.75, 3.05) is 40.5 Å². The first-order chi connectivity index (χ1) is 16.6. The van der Waals surface area contributed by atoms with Gasteiger partial charge < -0.3 is 19.1 Å². The highest BCUT2D eigenvalue weighted by molar-refractivity contribution is 5.97. The van der Waals surface area contributed by atoms with E-state index in [4.69, 9.17) is 14.2 Å². The zero-order chi connectivity index (χ0) is 23.9. The Hall–Kier alpha value is -2.64. The topological polar surface area (TPSA) is 51.2 Å². The molecule has 1 amide bonds. The van der Waals surface area contributed by atoms with Crippen molar-refractivity contribution in [3.05, 3.63) is 59.4 Å². The molecule has 6 nitrogen and oxygen atoms in total. The lowest BCUT2D eigenvalue weighted by atomic mass is 9.93. The fourth-order valence-corrected chi connectivity index (χ4v) is 5.17. The molecule has 4 rings (SSSR count). The van der Waals surface area contributed by atoms with E-state index in [0.29, 0.717) is 42.3 Å². The quantitative estimate of drug-likeness (QED) is 0.658. The van der Waals surface area contributed by atoms with Gasteiger partial charge in [-0.15, -0.1) is 0 Å².